The van der Waals surface area contributed by atoms with E-state index in [1.54, 1.807) is 6.92 Å². The summed E-state index contributed by atoms with van der Waals surface area (Å²) in [6, 6.07) is 0. The molecule has 90 valence electrons. The average Bonchev–Trinajstić information content (AvgIpc) is 2.78. The lowest BCUT2D eigenvalue weighted by molar-refractivity contribution is -0.126. The number of fused-ring (bicyclic) bond motifs is 1. The Bertz CT molecular complexity index is 524. The minimum atomic E-state index is -0.520. The van der Waals surface area contributed by atoms with Crippen molar-refractivity contribution in [3.05, 3.63) is 12.7 Å². The van der Waals surface area contributed by atoms with Crippen LogP contribution in [0.1, 0.15) is 13.8 Å². The first-order valence-electron chi connectivity index (χ1n) is 5.29. The number of H-pyrrole nitrogens is 1. The fourth-order valence-corrected chi connectivity index (χ4v) is 1.40. The summed E-state index contributed by atoms with van der Waals surface area (Å²) in [5.74, 6) is 0.158. The van der Waals surface area contributed by atoms with Crippen molar-refractivity contribution in [2.45, 2.75) is 20.0 Å². The van der Waals surface area contributed by atoms with Crippen LogP contribution in [-0.4, -0.2) is 38.6 Å². The van der Waals surface area contributed by atoms with Crippen LogP contribution in [0.3, 0.4) is 0 Å². The third-order valence-corrected chi connectivity index (χ3v) is 2.25. The third kappa shape index (κ3) is 2.39. The number of imidazole rings is 1. The van der Waals surface area contributed by atoms with Crippen LogP contribution in [0.15, 0.2) is 12.7 Å². The molecule has 0 spiro atoms. The molecule has 0 aliphatic rings. The summed E-state index contributed by atoms with van der Waals surface area (Å²) in [6.45, 7) is 4.00. The zero-order chi connectivity index (χ0) is 12.3. The first kappa shape index (κ1) is 11.5. The van der Waals surface area contributed by atoms with E-state index in [0.717, 1.165) is 0 Å². The average molecular weight is 235 g/mol. The van der Waals surface area contributed by atoms with Gasteiger partial charge in [-0.2, -0.15) is 0 Å². The van der Waals surface area contributed by atoms with Gasteiger partial charge < -0.3 is 15.0 Å². The highest BCUT2D eigenvalue weighted by atomic mass is 16.5. The highest BCUT2D eigenvalue weighted by molar-refractivity contribution is 5.98. The molecule has 2 aromatic heterocycles. The van der Waals surface area contributed by atoms with E-state index in [2.05, 4.69) is 25.3 Å². The van der Waals surface area contributed by atoms with E-state index in [4.69, 9.17) is 4.74 Å². The van der Waals surface area contributed by atoms with Crippen LogP contribution in [0.5, 0.6) is 0 Å². The molecule has 2 heterocycles. The summed E-state index contributed by atoms with van der Waals surface area (Å²) in [5.41, 5.74) is 1.11. The van der Waals surface area contributed by atoms with Gasteiger partial charge in [-0.05, 0) is 13.8 Å². The van der Waals surface area contributed by atoms with Gasteiger partial charge in [0, 0.05) is 6.61 Å². The zero-order valence-corrected chi connectivity index (χ0v) is 9.60. The number of aromatic amines is 1. The van der Waals surface area contributed by atoms with Crippen molar-refractivity contribution in [1.82, 2.24) is 19.9 Å². The Kier molecular flexibility index (Phi) is 3.29. The van der Waals surface area contributed by atoms with Crippen molar-refractivity contribution < 1.29 is 9.53 Å². The van der Waals surface area contributed by atoms with Gasteiger partial charge in [0.1, 0.15) is 17.9 Å². The monoisotopic (exact) mass is 235 g/mol. The minimum Gasteiger partial charge on any atom is -0.369 e. The van der Waals surface area contributed by atoms with Crippen molar-refractivity contribution in [3.63, 3.8) is 0 Å². The molecule has 7 nitrogen and oxygen atoms in total. The molecule has 7 heteroatoms. The van der Waals surface area contributed by atoms with E-state index < -0.39 is 6.10 Å². The first-order chi connectivity index (χ1) is 8.22. The molecule has 0 saturated carbocycles. The lowest BCUT2D eigenvalue weighted by atomic mass is 10.3. The lowest BCUT2D eigenvalue weighted by Gasteiger charge is -2.11. The number of amides is 1. The van der Waals surface area contributed by atoms with Gasteiger partial charge in [-0.1, -0.05) is 0 Å². The standard InChI is InChI=1S/C10H13N5O2/c1-3-17-6(2)10(16)15-9-7-8(12-4-11-7)13-5-14-9/h4-6H,3H2,1-2H3,(H2,11,12,13,14,15,16). The molecular weight excluding hydrogens is 222 g/mol. The van der Waals surface area contributed by atoms with Crippen LogP contribution in [0.25, 0.3) is 11.2 Å². The summed E-state index contributed by atoms with van der Waals surface area (Å²) in [6.07, 6.45) is 2.33. The molecular formula is C10H13N5O2. The zero-order valence-electron chi connectivity index (χ0n) is 9.60. The van der Waals surface area contributed by atoms with Crippen LogP contribution >= 0.6 is 0 Å². The predicted molar refractivity (Wildman–Crippen MR) is 61.4 cm³/mol. The van der Waals surface area contributed by atoms with Crippen LogP contribution in [-0.2, 0) is 9.53 Å². The fraction of sp³-hybridized carbons (Fsp3) is 0.400. The second-order valence-electron chi connectivity index (χ2n) is 3.41. The van der Waals surface area contributed by atoms with Gasteiger partial charge in [0.05, 0.1) is 6.33 Å². The summed E-state index contributed by atoms with van der Waals surface area (Å²) >= 11 is 0. The number of hydrogen-bond donors (Lipinski definition) is 2. The van der Waals surface area contributed by atoms with E-state index in [1.165, 1.54) is 12.7 Å². The van der Waals surface area contributed by atoms with Crippen LogP contribution in [0.4, 0.5) is 5.82 Å². The lowest BCUT2D eigenvalue weighted by Crippen LogP contribution is -2.28. The van der Waals surface area contributed by atoms with E-state index in [9.17, 15) is 4.79 Å². The van der Waals surface area contributed by atoms with Crippen molar-refractivity contribution in [1.29, 1.82) is 0 Å². The molecule has 1 amide bonds. The van der Waals surface area contributed by atoms with Crippen molar-refractivity contribution in [2.24, 2.45) is 0 Å². The number of ether oxygens (including phenoxy) is 1. The molecule has 0 aromatic carbocycles. The smallest absolute Gasteiger partial charge is 0.254 e. The molecule has 2 rings (SSSR count). The van der Waals surface area contributed by atoms with Gasteiger partial charge in [-0.25, -0.2) is 15.0 Å². The quantitative estimate of drug-likeness (QED) is 0.814. The van der Waals surface area contributed by atoms with Gasteiger partial charge >= 0.3 is 0 Å². The molecule has 0 bridgehead atoms. The molecule has 0 fully saturated rings. The molecule has 0 saturated heterocycles. The number of aromatic nitrogens is 4. The molecule has 1 atom stereocenters. The van der Waals surface area contributed by atoms with E-state index in [-0.39, 0.29) is 5.91 Å². The molecule has 0 radical (unpaired) electrons. The highest BCUT2D eigenvalue weighted by Crippen LogP contribution is 2.14. The number of nitrogens with one attached hydrogen (secondary N) is 2. The van der Waals surface area contributed by atoms with E-state index in [1.807, 2.05) is 6.92 Å². The van der Waals surface area contributed by atoms with E-state index in [0.29, 0.717) is 23.6 Å². The molecule has 0 aliphatic heterocycles. The van der Waals surface area contributed by atoms with Gasteiger partial charge in [0.25, 0.3) is 5.91 Å². The van der Waals surface area contributed by atoms with Gasteiger partial charge in [-0.15, -0.1) is 0 Å². The normalized spacial score (nSPS) is 12.6. The van der Waals surface area contributed by atoms with Crippen molar-refractivity contribution in [2.75, 3.05) is 11.9 Å². The van der Waals surface area contributed by atoms with Crippen molar-refractivity contribution >= 4 is 22.9 Å². The summed E-state index contributed by atoms with van der Waals surface area (Å²) in [5, 5.41) is 2.67. The van der Waals surface area contributed by atoms with Gasteiger partial charge in [-0.3, -0.25) is 4.79 Å². The topological polar surface area (TPSA) is 92.8 Å². The first-order valence-corrected chi connectivity index (χ1v) is 5.29. The number of rotatable bonds is 4. The Labute approximate surface area is 97.6 Å². The molecule has 0 aliphatic carbocycles. The largest absolute Gasteiger partial charge is 0.369 e. The Morgan fingerprint density at radius 1 is 1.53 bits per heavy atom. The van der Waals surface area contributed by atoms with Crippen LogP contribution in [0.2, 0.25) is 0 Å². The van der Waals surface area contributed by atoms with E-state index >= 15 is 0 Å². The van der Waals surface area contributed by atoms with Crippen LogP contribution in [0, 0.1) is 0 Å². The number of carbonyl (C=O) groups excluding carboxylic acids is 1. The summed E-state index contributed by atoms with van der Waals surface area (Å²) < 4.78 is 5.19. The molecule has 1 unspecified atom stereocenters. The number of carbonyl (C=O) groups is 1. The summed E-state index contributed by atoms with van der Waals surface area (Å²) in [4.78, 5) is 26.5. The second kappa shape index (κ2) is 4.88. The molecule has 2 aromatic rings. The fourth-order valence-electron chi connectivity index (χ4n) is 1.40. The van der Waals surface area contributed by atoms with Crippen LogP contribution < -0.4 is 5.32 Å². The molecule has 17 heavy (non-hydrogen) atoms. The maximum absolute atomic E-state index is 11.7. The van der Waals surface area contributed by atoms with Gasteiger partial charge in [0.15, 0.2) is 11.5 Å². The third-order valence-electron chi connectivity index (χ3n) is 2.25. The maximum atomic E-state index is 11.7. The SMILES string of the molecule is CCOC(C)C(=O)Nc1ncnc2nc[nH]c12. The number of hydrogen-bond acceptors (Lipinski definition) is 5. The maximum Gasteiger partial charge on any atom is 0.254 e. The predicted octanol–water partition coefficient (Wildman–Crippen LogP) is 0.716. The van der Waals surface area contributed by atoms with Crippen molar-refractivity contribution in [3.8, 4) is 0 Å². The second-order valence-corrected chi connectivity index (χ2v) is 3.41. The highest BCUT2D eigenvalue weighted by Gasteiger charge is 2.15. The Balaban J connectivity index is 2.18. The Morgan fingerprint density at radius 3 is 3.12 bits per heavy atom. The number of anilines is 1. The number of nitrogens with zero attached hydrogens (tertiary/aromatic N) is 3. The van der Waals surface area contributed by atoms with Gasteiger partial charge in [0.2, 0.25) is 0 Å². The Morgan fingerprint density at radius 2 is 2.35 bits per heavy atom. The Hall–Kier alpha value is -2.02. The summed E-state index contributed by atoms with van der Waals surface area (Å²) in [7, 11) is 0. The minimum absolute atomic E-state index is 0.249. The molecule has 2 N–H and O–H groups in total.